The summed E-state index contributed by atoms with van der Waals surface area (Å²) in [6.45, 7) is 3.57. The van der Waals surface area contributed by atoms with E-state index in [4.69, 9.17) is 15.9 Å². The summed E-state index contributed by atoms with van der Waals surface area (Å²) in [7, 11) is 2.19. The van der Waals surface area contributed by atoms with Crippen molar-refractivity contribution in [2.45, 2.75) is 12.5 Å². The van der Waals surface area contributed by atoms with Gasteiger partial charge >= 0.3 is 0 Å². The van der Waals surface area contributed by atoms with Crippen molar-refractivity contribution in [1.82, 2.24) is 9.13 Å². The Balaban J connectivity index is 0.000000199. The van der Waals surface area contributed by atoms with Crippen LogP contribution in [0, 0.1) is 0 Å². The first-order valence-corrected chi connectivity index (χ1v) is 18.2. The lowest BCUT2D eigenvalue weighted by molar-refractivity contribution is 0.673. The van der Waals surface area contributed by atoms with Crippen LogP contribution in [0.2, 0.25) is 0 Å². The molecule has 6 heteroatoms. The molecule has 0 spiro atoms. The molecule has 5 nitrogen and oxygen atoms in total. The molecule has 258 valence electrons. The average Bonchev–Trinajstić information content (AvgIpc) is 3.84. The van der Waals surface area contributed by atoms with Crippen LogP contribution in [0.15, 0.2) is 174 Å². The maximum atomic E-state index is 6.67. The van der Waals surface area contributed by atoms with Crippen LogP contribution in [-0.4, -0.2) is 21.4 Å². The van der Waals surface area contributed by atoms with Crippen molar-refractivity contribution in [1.29, 1.82) is 0 Å². The van der Waals surface area contributed by atoms with Gasteiger partial charge in [0.1, 0.15) is 11.2 Å². The largest absolute Gasteiger partial charge is 0.455 e. The molecule has 4 N–H and O–H groups in total. The first-order chi connectivity index (χ1) is 25.6. The molecule has 0 bridgehead atoms. The van der Waals surface area contributed by atoms with Crippen molar-refractivity contribution in [3.8, 4) is 5.69 Å². The van der Waals surface area contributed by atoms with Gasteiger partial charge in [0.15, 0.2) is 0 Å². The molecular formula is C46H42N4OS. The summed E-state index contributed by atoms with van der Waals surface area (Å²) in [6, 6.07) is 46.4. The van der Waals surface area contributed by atoms with Crippen LogP contribution in [0.1, 0.15) is 5.56 Å². The second-order valence-electron chi connectivity index (χ2n) is 12.6. The van der Waals surface area contributed by atoms with E-state index in [1.54, 1.807) is 18.4 Å². The molecule has 6 aromatic carbocycles. The lowest BCUT2D eigenvalue weighted by Gasteiger charge is -2.10. The number of hydrogen-bond donors (Lipinski definition) is 3. The molecule has 3 heterocycles. The predicted octanol–water partition coefficient (Wildman–Crippen LogP) is 11.0. The average molecular weight is 699 g/mol. The van der Waals surface area contributed by atoms with E-state index in [1.807, 2.05) is 30.4 Å². The summed E-state index contributed by atoms with van der Waals surface area (Å²) in [5, 5.41) is 7.25. The van der Waals surface area contributed by atoms with E-state index >= 15 is 0 Å². The van der Waals surface area contributed by atoms with E-state index in [1.165, 1.54) is 54.6 Å². The number of thiol groups is 1. The van der Waals surface area contributed by atoms with Crippen molar-refractivity contribution in [2.24, 2.45) is 18.5 Å². The van der Waals surface area contributed by atoms with Gasteiger partial charge in [0.05, 0.1) is 28.0 Å². The topological polar surface area (TPSA) is 75.0 Å². The summed E-state index contributed by atoms with van der Waals surface area (Å²) >= 11 is 3.53. The number of aryl methyl sites for hydroxylation is 1. The Bertz CT molecular complexity index is 2730. The molecule has 0 amide bonds. The first-order valence-electron chi connectivity index (χ1n) is 17.3. The van der Waals surface area contributed by atoms with Crippen LogP contribution >= 0.6 is 12.6 Å². The predicted molar refractivity (Wildman–Crippen MR) is 227 cm³/mol. The first kappa shape index (κ1) is 34.5. The Kier molecular flexibility index (Phi) is 10.0. The second kappa shape index (κ2) is 15.1. The van der Waals surface area contributed by atoms with E-state index in [-0.39, 0.29) is 6.04 Å². The van der Waals surface area contributed by atoms with Gasteiger partial charge in [0, 0.05) is 50.9 Å². The van der Waals surface area contributed by atoms with Gasteiger partial charge in [-0.1, -0.05) is 128 Å². The zero-order valence-corrected chi connectivity index (χ0v) is 30.3. The van der Waals surface area contributed by atoms with Gasteiger partial charge in [0.2, 0.25) is 0 Å². The van der Waals surface area contributed by atoms with Gasteiger partial charge in [0.25, 0.3) is 0 Å². The zero-order chi connectivity index (χ0) is 36.2. The third-order valence-electron chi connectivity index (χ3n) is 9.53. The molecule has 1 unspecified atom stereocenters. The Morgan fingerprint density at radius 3 is 1.98 bits per heavy atom. The summed E-state index contributed by atoms with van der Waals surface area (Å²) in [6.07, 6.45) is 9.86. The fourth-order valence-corrected chi connectivity index (χ4v) is 7.26. The number of fused-ring (bicyclic) bond motifs is 12. The molecule has 3 aromatic heterocycles. The standard InChI is InChI=1S/C31H20N2O.C14H18N2.CH4S/c1-32-23-16-8-5-13-20(23)26-27-22-15-7-10-18-25(22)34-31(27)28-21-14-6-9-17-24(21)33(30(28)29(26)32)19-11-3-2-4-12-19;1-2-7-13(15)14(16)11-6-10-12-8-4-3-5-9-12;1-2/h2-18H,1H3;2-9,11,14H,1,10,15-16H2;2H,1H3/b;11-6-,13-7+;. The number of aromatic nitrogens is 2. The van der Waals surface area contributed by atoms with Crippen LogP contribution in [0.5, 0.6) is 0 Å². The van der Waals surface area contributed by atoms with Gasteiger partial charge < -0.3 is 25.0 Å². The number of para-hydroxylation sites is 4. The molecule has 0 aliphatic carbocycles. The van der Waals surface area contributed by atoms with E-state index in [2.05, 4.69) is 151 Å². The molecule has 1 atom stereocenters. The summed E-state index contributed by atoms with van der Waals surface area (Å²) in [5.74, 6) is 0. The number of allylic oxidation sites excluding steroid dienone is 3. The molecule has 9 aromatic rings. The van der Waals surface area contributed by atoms with Crippen LogP contribution in [0.3, 0.4) is 0 Å². The van der Waals surface area contributed by atoms with E-state index in [0.29, 0.717) is 5.70 Å². The Morgan fingerprint density at radius 2 is 1.29 bits per heavy atom. The van der Waals surface area contributed by atoms with Crippen LogP contribution in [-0.2, 0) is 13.5 Å². The van der Waals surface area contributed by atoms with Crippen LogP contribution in [0.25, 0.3) is 71.2 Å². The van der Waals surface area contributed by atoms with Gasteiger partial charge in [-0.15, -0.1) is 0 Å². The molecule has 0 aliphatic heterocycles. The van der Waals surface area contributed by atoms with Gasteiger partial charge in [-0.25, -0.2) is 0 Å². The number of hydrogen-bond acceptors (Lipinski definition) is 4. The molecule has 0 fully saturated rings. The highest BCUT2D eigenvalue weighted by molar-refractivity contribution is 7.79. The maximum Gasteiger partial charge on any atom is 0.146 e. The number of benzene rings is 6. The zero-order valence-electron chi connectivity index (χ0n) is 29.4. The lowest BCUT2D eigenvalue weighted by atomic mass is 10.0. The van der Waals surface area contributed by atoms with Crippen molar-refractivity contribution in [3.63, 3.8) is 0 Å². The monoisotopic (exact) mass is 698 g/mol. The number of nitrogens with two attached hydrogens (primary N) is 2. The maximum absolute atomic E-state index is 6.67. The molecule has 0 saturated heterocycles. The van der Waals surface area contributed by atoms with E-state index in [9.17, 15) is 0 Å². The molecule has 0 aliphatic rings. The summed E-state index contributed by atoms with van der Waals surface area (Å²) in [4.78, 5) is 0. The van der Waals surface area contributed by atoms with Crippen LogP contribution < -0.4 is 11.5 Å². The van der Waals surface area contributed by atoms with Crippen molar-refractivity contribution < 1.29 is 4.42 Å². The highest BCUT2D eigenvalue weighted by Crippen LogP contribution is 2.48. The Hall–Kier alpha value is -5.95. The van der Waals surface area contributed by atoms with E-state index in [0.717, 1.165) is 28.7 Å². The molecular weight excluding hydrogens is 657 g/mol. The number of furan rings is 1. The normalized spacial score (nSPS) is 12.4. The van der Waals surface area contributed by atoms with Crippen molar-refractivity contribution in [2.75, 3.05) is 6.26 Å². The highest BCUT2D eigenvalue weighted by Gasteiger charge is 2.26. The number of nitrogens with zero attached hydrogens (tertiary/aromatic N) is 2. The summed E-state index contributed by atoms with van der Waals surface area (Å²) < 4.78 is 11.4. The fourth-order valence-electron chi connectivity index (χ4n) is 7.26. The smallest absolute Gasteiger partial charge is 0.146 e. The van der Waals surface area contributed by atoms with Crippen molar-refractivity contribution in [3.05, 3.63) is 176 Å². The molecule has 0 saturated carbocycles. The fraction of sp³-hybridized carbons (Fsp3) is 0.0870. The molecule has 52 heavy (non-hydrogen) atoms. The second-order valence-corrected chi connectivity index (χ2v) is 12.6. The highest BCUT2D eigenvalue weighted by atomic mass is 32.1. The minimum absolute atomic E-state index is 0.235. The third-order valence-corrected chi connectivity index (χ3v) is 9.53. The lowest BCUT2D eigenvalue weighted by Crippen LogP contribution is -2.24. The van der Waals surface area contributed by atoms with Crippen LogP contribution in [0.4, 0.5) is 0 Å². The molecule has 0 radical (unpaired) electrons. The van der Waals surface area contributed by atoms with Crippen molar-refractivity contribution >= 4 is 78.2 Å². The Labute approximate surface area is 309 Å². The minimum atomic E-state index is -0.235. The van der Waals surface area contributed by atoms with Gasteiger partial charge in [-0.2, -0.15) is 12.6 Å². The quantitative estimate of drug-likeness (QED) is 0.0919. The van der Waals surface area contributed by atoms with E-state index < -0.39 is 0 Å². The van der Waals surface area contributed by atoms with Gasteiger partial charge in [-0.3, -0.25) is 0 Å². The van der Waals surface area contributed by atoms with Gasteiger partial charge in [-0.05, 0) is 54.6 Å². The minimum Gasteiger partial charge on any atom is -0.455 e. The third kappa shape index (κ3) is 6.06. The molecule has 9 rings (SSSR count). The SMILES string of the molecule is C=C/C=C(/N)C(N)/C=C\Cc1ccccc1.CS.Cn1c2ccccc2c2c3c4ccccc4oc3c3c4ccccc4n(-c4ccccc4)c3c21. The number of rotatable bonds is 6. The summed E-state index contributed by atoms with van der Waals surface area (Å²) in [5.41, 5.74) is 21.3. The Morgan fingerprint density at radius 1 is 0.712 bits per heavy atom.